The molecule has 0 aromatic carbocycles. The maximum atomic E-state index is 2.50. The molecule has 1 atom stereocenters. The van der Waals surface area contributed by atoms with Crippen LogP contribution in [0.2, 0.25) is 0 Å². The molecule has 1 unspecified atom stereocenters. The molecule has 0 aromatic rings. The second-order valence-electron chi connectivity index (χ2n) is 10.1. The van der Waals surface area contributed by atoms with Gasteiger partial charge >= 0.3 is 0 Å². The Morgan fingerprint density at radius 2 is 1.29 bits per heavy atom. The van der Waals surface area contributed by atoms with Gasteiger partial charge in [-0.15, -0.1) is 0 Å². The zero-order chi connectivity index (χ0) is 15.9. The van der Waals surface area contributed by atoms with E-state index in [1.54, 1.807) is 0 Å². The van der Waals surface area contributed by atoms with E-state index >= 15 is 0 Å². The molecule has 3 saturated carbocycles. The molecule has 3 fully saturated rings. The molecule has 0 N–H and O–H groups in total. The topological polar surface area (TPSA) is 0 Å². The molecule has 0 heteroatoms. The molecule has 3 aliphatic carbocycles. The highest BCUT2D eigenvalue weighted by Crippen LogP contribution is 2.57. The van der Waals surface area contributed by atoms with E-state index in [1.165, 1.54) is 51.4 Å². The van der Waals surface area contributed by atoms with Crippen LogP contribution in [0.3, 0.4) is 0 Å². The molecule has 0 spiro atoms. The molecular weight excluding hydrogens is 252 g/mol. The Balaban J connectivity index is 0.000000159. The van der Waals surface area contributed by atoms with Crippen LogP contribution in [0.15, 0.2) is 0 Å². The lowest BCUT2D eigenvalue weighted by Crippen LogP contribution is -2.33. The fourth-order valence-electron chi connectivity index (χ4n) is 5.75. The van der Waals surface area contributed by atoms with E-state index in [0.29, 0.717) is 10.8 Å². The molecule has 0 aromatic heterocycles. The summed E-state index contributed by atoms with van der Waals surface area (Å²) in [5.41, 5.74) is 1.88. The number of fused-ring (bicyclic) bond motifs is 1. The van der Waals surface area contributed by atoms with Crippen molar-refractivity contribution in [2.45, 2.75) is 99.8 Å². The predicted octanol–water partition coefficient (Wildman–Crippen LogP) is 7.08. The lowest BCUT2D eigenvalue weighted by molar-refractivity contribution is 0.0827. The Kier molecular flexibility index (Phi) is 4.87. The van der Waals surface area contributed by atoms with E-state index in [-0.39, 0.29) is 0 Å². The summed E-state index contributed by atoms with van der Waals surface area (Å²) in [5.74, 6) is 2.90. The molecule has 124 valence electrons. The quantitative estimate of drug-likeness (QED) is 0.484. The Bertz CT molecular complexity index is 337. The van der Waals surface area contributed by atoms with Crippen LogP contribution >= 0.6 is 0 Å². The first-order valence-corrected chi connectivity index (χ1v) is 9.60. The molecule has 21 heavy (non-hydrogen) atoms. The van der Waals surface area contributed by atoms with Crippen LogP contribution in [0.5, 0.6) is 0 Å². The minimum Gasteiger partial charge on any atom is -0.0625 e. The van der Waals surface area contributed by atoms with Crippen molar-refractivity contribution in [2.75, 3.05) is 0 Å². The molecular formula is C21H40. The summed E-state index contributed by atoms with van der Waals surface area (Å²) in [5, 5.41) is 0. The van der Waals surface area contributed by atoms with Gasteiger partial charge < -0.3 is 0 Å². The van der Waals surface area contributed by atoms with Gasteiger partial charge in [0.2, 0.25) is 0 Å². The van der Waals surface area contributed by atoms with Crippen LogP contribution in [-0.4, -0.2) is 0 Å². The Hall–Kier alpha value is 0. The summed E-state index contributed by atoms with van der Waals surface area (Å²) in [4.78, 5) is 0. The van der Waals surface area contributed by atoms with Crippen molar-refractivity contribution < 1.29 is 0 Å². The second-order valence-corrected chi connectivity index (χ2v) is 10.1. The zero-order valence-corrected chi connectivity index (χ0v) is 15.9. The van der Waals surface area contributed by atoms with E-state index in [9.17, 15) is 0 Å². The van der Waals surface area contributed by atoms with Gasteiger partial charge in [0.25, 0.3) is 0 Å². The smallest absolute Gasteiger partial charge is 0.0272 e. The third kappa shape index (κ3) is 3.20. The number of rotatable bonds is 1. The number of hydrogen-bond donors (Lipinski definition) is 0. The van der Waals surface area contributed by atoms with Gasteiger partial charge in [0.1, 0.15) is 0 Å². The van der Waals surface area contributed by atoms with Crippen molar-refractivity contribution in [3.63, 3.8) is 0 Å². The summed E-state index contributed by atoms with van der Waals surface area (Å²) in [6, 6.07) is 0. The van der Waals surface area contributed by atoms with Gasteiger partial charge in [-0.2, -0.15) is 0 Å². The maximum absolute atomic E-state index is 2.50. The third-order valence-electron chi connectivity index (χ3n) is 8.14. The highest BCUT2D eigenvalue weighted by Gasteiger charge is 2.49. The van der Waals surface area contributed by atoms with E-state index in [0.717, 1.165) is 23.2 Å². The van der Waals surface area contributed by atoms with Crippen LogP contribution in [0.25, 0.3) is 0 Å². The highest BCUT2D eigenvalue weighted by atomic mass is 14.5. The summed E-state index contributed by atoms with van der Waals surface area (Å²) < 4.78 is 0. The van der Waals surface area contributed by atoms with Gasteiger partial charge in [0.05, 0.1) is 0 Å². The van der Waals surface area contributed by atoms with Crippen LogP contribution in [0.4, 0.5) is 0 Å². The second kappa shape index (κ2) is 5.89. The van der Waals surface area contributed by atoms with Crippen molar-refractivity contribution in [1.29, 1.82) is 0 Å². The minimum absolute atomic E-state index is 0.529. The van der Waals surface area contributed by atoms with E-state index < -0.39 is 0 Å². The fourth-order valence-corrected chi connectivity index (χ4v) is 5.75. The SMILES string of the molecule is CC(C)C1CCC(C)(C)C1(C)C.CC12CCCC1CCC2. The Morgan fingerprint density at radius 3 is 1.57 bits per heavy atom. The Morgan fingerprint density at radius 1 is 0.762 bits per heavy atom. The molecule has 0 bridgehead atoms. The van der Waals surface area contributed by atoms with Gasteiger partial charge in [0.15, 0.2) is 0 Å². The standard InChI is InChI=1S/C12H24.C9H16/c1-9(2)10-7-8-11(3,4)12(10,5)6;1-9-6-2-4-8(9)5-3-7-9/h9-10H,7-8H2,1-6H3;8H,2-7H2,1H3. The molecule has 3 rings (SSSR count). The monoisotopic (exact) mass is 292 g/mol. The van der Waals surface area contributed by atoms with E-state index in [2.05, 4.69) is 48.5 Å². The molecule has 0 aliphatic heterocycles. The lowest BCUT2D eigenvalue weighted by atomic mass is 9.64. The fraction of sp³-hybridized carbons (Fsp3) is 1.00. The van der Waals surface area contributed by atoms with Gasteiger partial charge in [-0.25, -0.2) is 0 Å². The van der Waals surface area contributed by atoms with Crippen LogP contribution in [0.1, 0.15) is 99.8 Å². The first kappa shape index (κ1) is 17.4. The molecule has 0 heterocycles. The van der Waals surface area contributed by atoms with Gasteiger partial charge in [-0.3, -0.25) is 0 Å². The largest absolute Gasteiger partial charge is 0.0625 e. The third-order valence-corrected chi connectivity index (χ3v) is 8.14. The maximum Gasteiger partial charge on any atom is -0.0272 e. The van der Waals surface area contributed by atoms with E-state index in [1.807, 2.05) is 0 Å². The average molecular weight is 293 g/mol. The first-order valence-electron chi connectivity index (χ1n) is 9.60. The van der Waals surface area contributed by atoms with Crippen molar-refractivity contribution in [2.24, 2.45) is 34.0 Å². The summed E-state index contributed by atoms with van der Waals surface area (Å²) in [7, 11) is 0. The molecule has 0 radical (unpaired) electrons. The van der Waals surface area contributed by atoms with Crippen molar-refractivity contribution in [3.05, 3.63) is 0 Å². The van der Waals surface area contributed by atoms with Crippen LogP contribution < -0.4 is 0 Å². The van der Waals surface area contributed by atoms with Crippen LogP contribution in [0, 0.1) is 34.0 Å². The summed E-state index contributed by atoms with van der Waals surface area (Å²) >= 11 is 0. The first-order chi connectivity index (χ1) is 9.60. The highest BCUT2D eigenvalue weighted by molar-refractivity contribution is 4.98. The van der Waals surface area contributed by atoms with Gasteiger partial charge in [-0.05, 0) is 72.5 Å². The molecule has 0 saturated heterocycles. The number of hydrogen-bond acceptors (Lipinski definition) is 0. The zero-order valence-electron chi connectivity index (χ0n) is 15.9. The lowest BCUT2D eigenvalue weighted by Gasteiger charge is -2.40. The average Bonchev–Trinajstić information content (AvgIpc) is 2.91. The summed E-state index contributed by atoms with van der Waals surface area (Å²) in [6.45, 7) is 17.0. The predicted molar refractivity (Wildman–Crippen MR) is 94.4 cm³/mol. The Labute approximate surface area is 134 Å². The summed E-state index contributed by atoms with van der Waals surface area (Å²) in [6.07, 6.45) is 12.0. The molecule has 0 amide bonds. The van der Waals surface area contributed by atoms with Crippen molar-refractivity contribution in [1.82, 2.24) is 0 Å². The van der Waals surface area contributed by atoms with E-state index in [4.69, 9.17) is 0 Å². The van der Waals surface area contributed by atoms with Crippen LogP contribution in [-0.2, 0) is 0 Å². The van der Waals surface area contributed by atoms with Gasteiger partial charge in [-0.1, -0.05) is 61.3 Å². The molecule has 3 aliphatic rings. The normalized spacial score (nSPS) is 40.0. The van der Waals surface area contributed by atoms with Gasteiger partial charge in [0, 0.05) is 0 Å². The molecule has 0 nitrogen and oxygen atoms in total. The minimum atomic E-state index is 0.529. The van der Waals surface area contributed by atoms with Crippen molar-refractivity contribution in [3.8, 4) is 0 Å². The van der Waals surface area contributed by atoms with Crippen molar-refractivity contribution >= 4 is 0 Å².